The van der Waals surface area contributed by atoms with Crippen molar-refractivity contribution in [2.75, 3.05) is 0 Å². The molecule has 5 nitrogen and oxygen atoms in total. The minimum atomic E-state index is -4.03. The molecule has 0 amide bonds. The van der Waals surface area contributed by atoms with Crippen LogP contribution in [0.15, 0.2) is 27.8 Å². The first-order valence-corrected chi connectivity index (χ1v) is 5.11. The van der Waals surface area contributed by atoms with Crippen molar-refractivity contribution < 1.29 is 17.2 Å². The van der Waals surface area contributed by atoms with E-state index in [0.717, 1.165) is 6.07 Å². The normalized spacial score (nSPS) is 12.1. The van der Waals surface area contributed by atoms with Crippen LogP contribution in [0.2, 0.25) is 0 Å². The minimum Gasteiger partial charge on any atom is -0.424 e. The quantitative estimate of drug-likeness (QED) is 0.756. The van der Waals surface area contributed by atoms with E-state index in [4.69, 9.17) is 5.14 Å². The summed E-state index contributed by atoms with van der Waals surface area (Å²) in [7, 11) is -4.03. The van der Waals surface area contributed by atoms with Gasteiger partial charge < -0.3 is 4.42 Å². The number of aromatic nitrogens is 1. The Kier molecular flexibility index (Phi) is 1.79. The number of halogens is 1. The summed E-state index contributed by atoms with van der Waals surface area (Å²) in [6.45, 7) is 0. The Balaban J connectivity index is 2.81. The second kappa shape index (κ2) is 2.76. The summed E-state index contributed by atoms with van der Waals surface area (Å²) < 4.78 is 39.3. The van der Waals surface area contributed by atoms with Crippen LogP contribution in [0.25, 0.3) is 11.1 Å². The topological polar surface area (TPSA) is 86.2 Å². The van der Waals surface area contributed by atoms with E-state index in [-0.39, 0.29) is 11.1 Å². The van der Waals surface area contributed by atoms with Crippen LogP contribution >= 0.6 is 0 Å². The summed E-state index contributed by atoms with van der Waals surface area (Å²) in [4.78, 5) is 3.53. The maximum Gasteiger partial charge on any atom is 0.331 e. The molecule has 0 unspecified atom stereocenters. The monoisotopic (exact) mass is 216 g/mol. The van der Waals surface area contributed by atoms with Crippen LogP contribution in [-0.2, 0) is 10.0 Å². The van der Waals surface area contributed by atoms with Gasteiger partial charge in [0.15, 0.2) is 11.4 Å². The third-order valence-corrected chi connectivity index (χ3v) is 2.25. The van der Waals surface area contributed by atoms with Crippen molar-refractivity contribution in [2.45, 2.75) is 5.22 Å². The smallest absolute Gasteiger partial charge is 0.331 e. The maximum atomic E-state index is 13.0. The van der Waals surface area contributed by atoms with Gasteiger partial charge in [-0.15, -0.1) is 0 Å². The molecule has 0 saturated carbocycles. The molecule has 0 bridgehead atoms. The molecule has 7 heteroatoms. The largest absolute Gasteiger partial charge is 0.424 e. The van der Waals surface area contributed by atoms with Gasteiger partial charge in [-0.1, -0.05) is 6.07 Å². The van der Waals surface area contributed by atoms with Gasteiger partial charge >= 0.3 is 5.22 Å². The van der Waals surface area contributed by atoms with Crippen molar-refractivity contribution in [2.24, 2.45) is 5.14 Å². The Labute approximate surface area is 78.4 Å². The molecule has 74 valence electrons. The standard InChI is InChI=1S/C7H5FN2O3S/c8-4-2-1-3-5-6(4)13-7(10-5)14(9,11)12/h1-3H,(H2,9,11,12). The number of rotatable bonds is 1. The fraction of sp³-hybridized carbons (Fsp3) is 0. The third kappa shape index (κ3) is 1.36. The highest BCUT2D eigenvalue weighted by atomic mass is 32.2. The number of fused-ring (bicyclic) bond motifs is 1. The number of hydrogen-bond acceptors (Lipinski definition) is 4. The SMILES string of the molecule is NS(=O)(=O)c1nc2cccc(F)c2o1. The molecule has 2 aromatic rings. The fourth-order valence-electron chi connectivity index (χ4n) is 1.02. The molecule has 1 aromatic carbocycles. The van der Waals surface area contributed by atoms with Crippen molar-refractivity contribution in [1.29, 1.82) is 0 Å². The third-order valence-electron chi connectivity index (χ3n) is 1.59. The number of nitrogens with two attached hydrogens (primary N) is 1. The van der Waals surface area contributed by atoms with Crippen LogP contribution in [0.1, 0.15) is 0 Å². The number of nitrogens with zero attached hydrogens (tertiary/aromatic N) is 1. The molecule has 0 aliphatic heterocycles. The van der Waals surface area contributed by atoms with Crippen molar-refractivity contribution in [3.05, 3.63) is 24.0 Å². The van der Waals surface area contributed by atoms with Crippen LogP contribution in [0.5, 0.6) is 0 Å². The number of benzene rings is 1. The second-order valence-electron chi connectivity index (χ2n) is 2.61. The van der Waals surface area contributed by atoms with E-state index >= 15 is 0 Å². The van der Waals surface area contributed by atoms with E-state index in [1.807, 2.05) is 0 Å². The van der Waals surface area contributed by atoms with E-state index in [2.05, 4.69) is 9.40 Å². The highest BCUT2D eigenvalue weighted by Gasteiger charge is 2.18. The van der Waals surface area contributed by atoms with Gasteiger partial charge in [-0.05, 0) is 12.1 Å². The predicted molar refractivity (Wildman–Crippen MR) is 45.3 cm³/mol. The molecular formula is C7H5FN2O3S. The van der Waals surface area contributed by atoms with Gasteiger partial charge in [0.05, 0.1) is 0 Å². The number of sulfonamides is 1. The summed E-state index contributed by atoms with van der Waals surface area (Å²) >= 11 is 0. The number of oxazole rings is 1. The highest BCUT2D eigenvalue weighted by molar-refractivity contribution is 7.88. The first-order chi connectivity index (χ1) is 6.48. The van der Waals surface area contributed by atoms with Crippen LogP contribution in [0, 0.1) is 5.82 Å². The van der Waals surface area contributed by atoms with Crippen molar-refractivity contribution in [3.63, 3.8) is 0 Å². The molecular weight excluding hydrogens is 211 g/mol. The molecule has 0 fully saturated rings. The number of para-hydroxylation sites is 1. The van der Waals surface area contributed by atoms with Crippen molar-refractivity contribution in [3.8, 4) is 0 Å². The first kappa shape index (κ1) is 9.10. The van der Waals surface area contributed by atoms with Crippen molar-refractivity contribution in [1.82, 2.24) is 4.98 Å². The lowest BCUT2D eigenvalue weighted by molar-refractivity contribution is 0.446. The molecule has 0 atom stereocenters. The Morgan fingerprint density at radius 1 is 1.43 bits per heavy atom. The van der Waals surface area contributed by atoms with Gasteiger partial charge in [-0.3, -0.25) is 0 Å². The van der Waals surface area contributed by atoms with Crippen molar-refractivity contribution >= 4 is 21.1 Å². The van der Waals surface area contributed by atoms with E-state index in [9.17, 15) is 12.8 Å². The predicted octanol–water partition coefficient (Wildman–Crippen LogP) is 0.614. The van der Waals surface area contributed by atoms with E-state index < -0.39 is 21.1 Å². The van der Waals surface area contributed by atoms with Crippen LogP contribution < -0.4 is 5.14 Å². The lowest BCUT2D eigenvalue weighted by Gasteiger charge is -1.87. The molecule has 1 aromatic heterocycles. The highest BCUT2D eigenvalue weighted by Crippen LogP contribution is 2.20. The zero-order valence-corrected chi connectivity index (χ0v) is 7.58. The summed E-state index contributed by atoms with van der Waals surface area (Å²) in [6.07, 6.45) is 0. The molecule has 0 spiro atoms. The van der Waals surface area contributed by atoms with E-state index in [1.54, 1.807) is 0 Å². The van der Waals surface area contributed by atoms with Gasteiger partial charge in [0, 0.05) is 0 Å². The van der Waals surface area contributed by atoms with E-state index in [1.165, 1.54) is 12.1 Å². The molecule has 2 rings (SSSR count). The molecule has 1 heterocycles. The lowest BCUT2D eigenvalue weighted by Crippen LogP contribution is -2.12. The molecule has 0 aliphatic carbocycles. The average Bonchev–Trinajstić information content (AvgIpc) is 2.48. The maximum absolute atomic E-state index is 13.0. The van der Waals surface area contributed by atoms with Gasteiger partial charge in [-0.2, -0.15) is 4.98 Å². The molecule has 14 heavy (non-hydrogen) atoms. The Hall–Kier alpha value is -1.47. The van der Waals surface area contributed by atoms with Crippen LogP contribution in [0.3, 0.4) is 0 Å². The second-order valence-corrected chi connectivity index (χ2v) is 4.05. The van der Waals surface area contributed by atoms with E-state index in [0.29, 0.717) is 0 Å². The molecule has 0 saturated heterocycles. The summed E-state index contributed by atoms with van der Waals surface area (Å²) in [5.74, 6) is -0.676. The number of primary sulfonamides is 1. The minimum absolute atomic E-state index is 0.119. The lowest BCUT2D eigenvalue weighted by atomic mass is 10.3. The Bertz CT molecular complexity index is 590. The summed E-state index contributed by atoms with van der Waals surface area (Å²) in [6, 6.07) is 3.96. The molecule has 2 N–H and O–H groups in total. The van der Waals surface area contributed by atoms with Gasteiger partial charge in [0.1, 0.15) is 5.52 Å². The Morgan fingerprint density at radius 3 is 2.71 bits per heavy atom. The Morgan fingerprint density at radius 2 is 2.14 bits per heavy atom. The first-order valence-electron chi connectivity index (χ1n) is 3.56. The van der Waals surface area contributed by atoms with Crippen LogP contribution in [0.4, 0.5) is 4.39 Å². The molecule has 0 radical (unpaired) electrons. The van der Waals surface area contributed by atoms with Gasteiger partial charge in [-0.25, -0.2) is 17.9 Å². The zero-order chi connectivity index (χ0) is 10.3. The zero-order valence-electron chi connectivity index (χ0n) is 6.77. The number of hydrogen-bond donors (Lipinski definition) is 1. The van der Waals surface area contributed by atoms with Crippen LogP contribution in [-0.4, -0.2) is 13.4 Å². The summed E-state index contributed by atoms with van der Waals surface area (Å²) in [5, 5.41) is 4.08. The van der Waals surface area contributed by atoms with Gasteiger partial charge in [0.25, 0.3) is 10.0 Å². The fourth-order valence-corrected chi connectivity index (χ4v) is 1.44. The van der Waals surface area contributed by atoms with Gasteiger partial charge in [0.2, 0.25) is 0 Å². The summed E-state index contributed by atoms with van der Waals surface area (Å²) in [5.41, 5.74) is -0.0921. The average molecular weight is 216 g/mol. The molecule has 0 aliphatic rings.